The first-order chi connectivity index (χ1) is 8.63. The van der Waals surface area contributed by atoms with Crippen molar-refractivity contribution in [3.8, 4) is 0 Å². The first-order valence-electron chi connectivity index (χ1n) is 7.76. The molecule has 0 bridgehead atoms. The molecule has 2 atom stereocenters. The van der Waals surface area contributed by atoms with Crippen molar-refractivity contribution in [2.24, 2.45) is 5.92 Å². The summed E-state index contributed by atoms with van der Waals surface area (Å²) in [5.41, 5.74) is 0. The van der Waals surface area contributed by atoms with Crippen LogP contribution in [0.5, 0.6) is 0 Å². The molecule has 0 aromatic carbocycles. The maximum Gasteiger partial charge on any atom is 0.0376 e. The minimum Gasteiger partial charge on any atom is -0.312 e. The van der Waals surface area contributed by atoms with Gasteiger partial charge in [-0.15, -0.1) is 0 Å². The highest BCUT2D eigenvalue weighted by molar-refractivity contribution is 4.90. The number of hydrogen-bond donors (Lipinski definition) is 1. The van der Waals surface area contributed by atoms with Gasteiger partial charge in [0.2, 0.25) is 0 Å². The molecule has 1 N–H and O–H groups in total. The van der Waals surface area contributed by atoms with Crippen LogP contribution in [0.15, 0.2) is 0 Å². The Bertz CT molecular complexity index is 216. The molecule has 0 aromatic heterocycles. The van der Waals surface area contributed by atoms with E-state index in [-0.39, 0.29) is 0 Å². The van der Waals surface area contributed by atoms with Gasteiger partial charge < -0.3 is 15.1 Å². The number of hydrogen-bond acceptors (Lipinski definition) is 3. The van der Waals surface area contributed by atoms with Crippen LogP contribution in [0, 0.1) is 5.92 Å². The number of nitrogens with zero attached hydrogens (tertiary/aromatic N) is 2. The molecule has 18 heavy (non-hydrogen) atoms. The molecule has 1 heterocycles. The highest BCUT2D eigenvalue weighted by Gasteiger charge is 2.31. The Morgan fingerprint density at radius 1 is 1.11 bits per heavy atom. The molecule has 0 aromatic rings. The molecule has 0 saturated carbocycles. The first-order valence-corrected chi connectivity index (χ1v) is 7.76. The van der Waals surface area contributed by atoms with Gasteiger partial charge >= 0.3 is 0 Å². The lowest BCUT2D eigenvalue weighted by atomic mass is 9.88. The third kappa shape index (κ3) is 4.22. The van der Waals surface area contributed by atoms with E-state index in [0.717, 1.165) is 12.5 Å². The van der Waals surface area contributed by atoms with Crippen molar-refractivity contribution in [2.45, 2.75) is 52.1 Å². The van der Waals surface area contributed by atoms with Crippen molar-refractivity contribution >= 4 is 0 Å². The molecule has 0 spiro atoms. The normalized spacial score (nSPS) is 25.3. The molecule has 1 rings (SSSR count). The lowest BCUT2D eigenvalue weighted by molar-refractivity contribution is 0.140. The second-order valence-corrected chi connectivity index (χ2v) is 5.82. The van der Waals surface area contributed by atoms with E-state index in [4.69, 9.17) is 0 Å². The largest absolute Gasteiger partial charge is 0.312 e. The van der Waals surface area contributed by atoms with Crippen molar-refractivity contribution in [1.82, 2.24) is 15.1 Å². The zero-order valence-electron chi connectivity index (χ0n) is 13.1. The molecule has 1 aliphatic heterocycles. The minimum atomic E-state index is 0.635. The molecule has 1 aliphatic rings. The second-order valence-electron chi connectivity index (χ2n) is 5.82. The average Bonchev–Trinajstić information content (AvgIpc) is 2.51. The summed E-state index contributed by atoms with van der Waals surface area (Å²) < 4.78 is 0. The van der Waals surface area contributed by atoms with E-state index in [9.17, 15) is 0 Å². The Balaban J connectivity index is 2.79. The quantitative estimate of drug-likeness (QED) is 0.783. The van der Waals surface area contributed by atoms with E-state index in [2.05, 4.69) is 50.0 Å². The third-order valence-electron chi connectivity index (χ3n) is 4.53. The zero-order chi connectivity index (χ0) is 13.5. The molecule has 0 aliphatic carbocycles. The highest BCUT2D eigenvalue weighted by Crippen LogP contribution is 2.21. The molecular weight excluding hydrogens is 222 g/mol. The third-order valence-corrected chi connectivity index (χ3v) is 4.53. The summed E-state index contributed by atoms with van der Waals surface area (Å²) in [5.74, 6) is 0.795. The van der Waals surface area contributed by atoms with Crippen molar-refractivity contribution in [3.63, 3.8) is 0 Å². The molecule has 1 fully saturated rings. The molecular formula is C15H33N3. The maximum absolute atomic E-state index is 3.76. The van der Waals surface area contributed by atoms with Gasteiger partial charge in [-0.2, -0.15) is 0 Å². The van der Waals surface area contributed by atoms with Crippen LogP contribution in [0.3, 0.4) is 0 Å². The van der Waals surface area contributed by atoms with E-state index in [1.165, 1.54) is 38.9 Å². The number of rotatable bonds is 6. The Morgan fingerprint density at radius 3 is 2.33 bits per heavy atom. The summed E-state index contributed by atoms with van der Waals surface area (Å²) in [6.45, 7) is 11.6. The van der Waals surface area contributed by atoms with E-state index < -0.39 is 0 Å². The van der Waals surface area contributed by atoms with Crippen LogP contribution in [-0.4, -0.2) is 62.2 Å². The van der Waals surface area contributed by atoms with E-state index >= 15 is 0 Å². The standard InChI is InChI=1S/C15H33N3/c1-6-13(7-2)15(16-8-3)14-12-17(4)10-9-11-18(14)5/h13-16H,6-12H2,1-5H3. The summed E-state index contributed by atoms with van der Waals surface area (Å²) in [5, 5.41) is 3.76. The summed E-state index contributed by atoms with van der Waals surface area (Å²) in [6, 6.07) is 1.29. The molecule has 3 heteroatoms. The zero-order valence-corrected chi connectivity index (χ0v) is 13.1. The van der Waals surface area contributed by atoms with Crippen molar-refractivity contribution in [2.75, 3.05) is 40.3 Å². The molecule has 2 unspecified atom stereocenters. The number of likely N-dealkylation sites (N-methyl/N-ethyl adjacent to an activating group) is 3. The van der Waals surface area contributed by atoms with Crippen molar-refractivity contribution in [1.29, 1.82) is 0 Å². The maximum atomic E-state index is 3.76. The Morgan fingerprint density at radius 2 is 1.78 bits per heavy atom. The van der Waals surface area contributed by atoms with Crippen molar-refractivity contribution < 1.29 is 0 Å². The van der Waals surface area contributed by atoms with Crippen LogP contribution in [0.4, 0.5) is 0 Å². The van der Waals surface area contributed by atoms with Crippen LogP contribution >= 0.6 is 0 Å². The molecule has 0 radical (unpaired) electrons. The molecule has 3 nitrogen and oxygen atoms in total. The number of nitrogens with one attached hydrogen (secondary N) is 1. The van der Waals surface area contributed by atoms with E-state index in [1.54, 1.807) is 0 Å². The second kappa shape index (κ2) is 8.13. The molecule has 108 valence electrons. The van der Waals surface area contributed by atoms with Crippen LogP contribution in [0.25, 0.3) is 0 Å². The van der Waals surface area contributed by atoms with E-state index in [1.807, 2.05) is 0 Å². The summed E-state index contributed by atoms with van der Waals surface area (Å²) >= 11 is 0. The van der Waals surface area contributed by atoms with Crippen molar-refractivity contribution in [3.05, 3.63) is 0 Å². The topological polar surface area (TPSA) is 18.5 Å². The van der Waals surface area contributed by atoms with Gasteiger partial charge in [-0.3, -0.25) is 0 Å². The Hall–Kier alpha value is -0.120. The smallest absolute Gasteiger partial charge is 0.0376 e. The van der Waals surface area contributed by atoms with Gasteiger partial charge in [-0.1, -0.05) is 33.6 Å². The first kappa shape index (κ1) is 15.9. The predicted molar refractivity (Wildman–Crippen MR) is 80.1 cm³/mol. The lowest BCUT2D eigenvalue weighted by Gasteiger charge is -2.39. The summed E-state index contributed by atoms with van der Waals surface area (Å²) in [7, 11) is 4.57. The summed E-state index contributed by atoms with van der Waals surface area (Å²) in [6.07, 6.45) is 3.86. The molecule has 1 saturated heterocycles. The van der Waals surface area contributed by atoms with Gasteiger partial charge in [0.25, 0.3) is 0 Å². The van der Waals surface area contributed by atoms with Gasteiger partial charge in [-0.05, 0) is 46.1 Å². The van der Waals surface area contributed by atoms with E-state index in [0.29, 0.717) is 12.1 Å². The van der Waals surface area contributed by atoms with Crippen LogP contribution in [0.1, 0.15) is 40.0 Å². The van der Waals surface area contributed by atoms with Gasteiger partial charge in [0.05, 0.1) is 0 Å². The fourth-order valence-electron chi connectivity index (χ4n) is 3.34. The van der Waals surface area contributed by atoms with Crippen LogP contribution in [-0.2, 0) is 0 Å². The monoisotopic (exact) mass is 255 g/mol. The SMILES string of the molecule is CCNC(C(CC)CC)C1CN(C)CCCN1C. The van der Waals surface area contributed by atoms with Gasteiger partial charge in [-0.25, -0.2) is 0 Å². The lowest BCUT2D eigenvalue weighted by Crippen LogP contribution is -2.55. The molecule has 0 amide bonds. The van der Waals surface area contributed by atoms with Gasteiger partial charge in [0, 0.05) is 18.6 Å². The fourth-order valence-corrected chi connectivity index (χ4v) is 3.34. The predicted octanol–water partition coefficient (Wildman–Crippen LogP) is 2.04. The van der Waals surface area contributed by atoms with Gasteiger partial charge in [0.15, 0.2) is 0 Å². The fraction of sp³-hybridized carbons (Fsp3) is 1.00. The minimum absolute atomic E-state index is 0.635. The highest BCUT2D eigenvalue weighted by atomic mass is 15.2. The Labute approximate surface area is 114 Å². The van der Waals surface area contributed by atoms with Crippen LogP contribution < -0.4 is 5.32 Å². The summed E-state index contributed by atoms with van der Waals surface area (Å²) in [4.78, 5) is 5.08. The average molecular weight is 255 g/mol. The van der Waals surface area contributed by atoms with Crippen LogP contribution in [0.2, 0.25) is 0 Å². The van der Waals surface area contributed by atoms with Gasteiger partial charge in [0.1, 0.15) is 0 Å². The Kier molecular flexibility index (Phi) is 7.20.